The fourth-order valence-corrected chi connectivity index (χ4v) is 3.79. The van der Waals surface area contributed by atoms with Crippen molar-refractivity contribution in [3.63, 3.8) is 0 Å². The Morgan fingerprint density at radius 1 is 1.27 bits per heavy atom. The predicted molar refractivity (Wildman–Crippen MR) is 83.4 cm³/mol. The summed E-state index contributed by atoms with van der Waals surface area (Å²) in [5.74, 6) is 0.319. The smallest absolute Gasteiger partial charge is 0.410 e. The predicted octanol–water partition coefficient (Wildman–Crippen LogP) is 3.37. The summed E-state index contributed by atoms with van der Waals surface area (Å²) in [6.45, 7) is 9.50. The van der Waals surface area contributed by atoms with Crippen LogP contribution in [0.25, 0.3) is 0 Å². The molecule has 2 aliphatic rings. The molecule has 2 fully saturated rings. The van der Waals surface area contributed by atoms with Crippen LogP contribution in [0.4, 0.5) is 4.79 Å². The molecule has 1 saturated carbocycles. The number of esters is 1. The Bertz CT molecular complexity index is 421. The van der Waals surface area contributed by atoms with Gasteiger partial charge in [-0.05, 0) is 64.7 Å². The highest BCUT2D eigenvalue weighted by molar-refractivity contribution is 5.70. The minimum atomic E-state index is -0.451. The van der Waals surface area contributed by atoms with Crippen LogP contribution >= 0.6 is 0 Å². The van der Waals surface area contributed by atoms with Gasteiger partial charge in [-0.25, -0.2) is 4.79 Å². The van der Waals surface area contributed by atoms with Crippen LogP contribution in [0.1, 0.15) is 59.8 Å². The molecule has 126 valence electrons. The van der Waals surface area contributed by atoms with Gasteiger partial charge in [0.2, 0.25) is 0 Å². The molecule has 1 amide bonds. The molecule has 1 aliphatic carbocycles. The Balaban J connectivity index is 1.82. The van der Waals surface area contributed by atoms with Crippen molar-refractivity contribution < 1.29 is 19.1 Å². The van der Waals surface area contributed by atoms with E-state index in [2.05, 4.69) is 0 Å². The summed E-state index contributed by atoms with van der Waals surface area (Å²) in [6, 6.07) is 0. The largest absolute Gasteiger partial charge is 0.466 e. The first-order chi connectivity index (χ1) is 10.2. The van der Waals surface area contributed by atoms with Gasteiger partial charge in [0.15, 0.2) is 0 Å². The highest BCUT2D eigenvalue weighted by Crippen LogP contribution is 2.52. The van der Waals surface area contributed by atoms with Crippen LogP contribution in [0.3, 0.4) is 0 Å². The molecule has 0 atom stereocenters. The number of carbonyl (C=O) groups excluding carboxylic acids is 2. The van der Waals surface area contributed by atoms with Gasteiger partial charge in [-0.15, -0.1) is 0 Å². The summed E-state index contributed by atoms with van der Waals surface area (Å²) < 4.78 is 10.5. The molecule has 22 heavy (non-hydrogen) atoms. The van der Waals surface area contributed by atoms with Crippen molar-refractivity contribution in [1.29, 1.82) is 0 Å². The van der Waals surface area contributed by atoms with Crippen molar-refractivity contribution in [2.45, 2.75) is 65.4 Å². The third-order valence-electron chi connectivity index (χ3n) is 4.52. The molecule has 5 heteroatoms. The lowest BCUT2D eigenvalue weighted by Crippen LogP contribution is -2.53. The van der Waals surface area contributed by atoms with Crippen LogP contribution in [0.15, 0.2) is 0 Å². The molecular weight excluding hydrogens is 282 g/mol. The lowest BCUT2D eigenvalue weighted by molar-refractivity contribution is -0.147. The van der Waals surface area contributed by atoms with Gasteiger partial charge in [0.25, 0.3) is 0 Å². The van der Waals surface area contributed by atoms with E-state index in [-0.39, 0.29) is 17.5 Å². The quantitative estimate of drug-likeness (QED) is 0.750. The highest BCUT2D eigenvalue weighted by atomic mass is 16.6. The van der Waals surface area contributed by atoms with Crippen LogP contribution in [-0.4, -0.2) is 42.3 Å². The maximum absolute atomic E-state index is 12.2. The second-order valence-electron chi connectivity index (χ2n) is 7.79. The van der Waals surface area contributed by atoms with Gasteiger partial charge < -0.3 is 14.4 Å². The van der Waals surface area contributed by atoms with E-state index in [0.717, 1.165) is 38.8 Å². The molecule has 0 unspecified atom stereocenters. The van der Waals surface area contributed by atoms with Crippen LogP contribution in [0.5, 0.6) is 0 Å². The van der Waals surface area contributed by atoms with Crippen LogP contribution in [0, 0.1) is 11.3 Å². The van der Waals surface area contributed by atoms with Crippen molar-refractivity contribution in [2.24, 2.45) is 11.3 Å². The van der Waals surface area contributed by atoms with E-state index in [0.29, 0.717) is 18.9 Å². The number of carbonyl (C=O) groups is 2. The van der Waals surface area contributed by atoms with Crippen molar-refractivity contribution in [3.05, 3.63) is 0 Å². The van der Waals surface area contributed by atoms with Gasteiger partial charge in [-0.3, -0.25) is 4.79 Å². The molecule has 0 N–H and O–H groups in total. The van der Waals surface area contributed by atoms with Gasteiger partial charge in [0.1, 0.15) is 5.60 Å². The second kappa shape index (κ2) is 6.47. The standard InChI is InChI=1S/C17H29NO4/c1-5-21-14(19)9-13-10-17(11-13)7-6-8-18(12-17)15(20)22-16(2,3)4/h13H,5-12H2,1-4H3. The summed E-state index contributed by atoms with van der Waals surface area (Å²) in [4.78, 5) is 25.6. The van der Waals surface area contributed by atoms with E-state index >= 15 is 0 Å². The molecule has 0 aromatic carbocycles. The first kappa shape index (κ1) is 17.1. The Morgan fingerprint density at radius 3 is 2.55 bits per heavy atom. The molecule has 0 bridgehead atoms. The van der Waals surface area contributed by atoms with Gasteiger partial charge in [-0.2, -0.15) is 0 Å². The minimum absolute atomic E-state index is 0.0952. The zero-order chi connectivity index (χ0) is 16.4. The number of hydrogen-bond acceptors (Lipinski definition) is 4. The van der Waals surface area contributed by atoms with E-state index in [1.165, 1.54) is 0 Å². The van der Waals surface area contributed by atoms with E-state index in [1.807, 2.05) is 32.6 Å². The van der Waals surface area contributed by atoms with Crippen LogP contribution < -0.4 is 0 Å². The Labute approximate surface area is 133 Å². The summed E-state index contributed by atoms with van der Waals surface area (Å²) in [5, 5.41) is 0. The number of rotatable bonds is 3. The fourth-order valence-electron chi connectivity index (χ4n) is 3.79. The third-order valence-corrected chi connectivity index (χ3v) is 4.52. The molecule has 0 aromatic rings. The van der Waals surface area contributed by atoms with Crippen molar-refractivity contribution >= 4 is 12.1 Å². The highest BCUT2D eigenvalue weighted by Gasteiger charge is 2.48. The average molecular weight is 311 g/mol. The zero-order valence-electron chi connectivity index (χ0n) is 14.3. The Kier molecular flexibility index (Phi) is 5.03. The summed E-state index contributed by atoms with van der Waals surface area (Å²) >= 11 is 0. The minimum Gasteiger partial charge on any atom is -0.466 e. The number of hydrogen-bond donors (Lipinski definition) is 0. The average Bonchev–Trinajstić information content (AvgIpc) is 2.35. The van der Waals surface area contributed by atoms with Gasteiger partial charge in [-0.1, -0.05) is 0 Å². The normalized spacial score (nSPS) is 28.2. The molecular formula is C17H29NO4. The first-order valence-corrected chi connectivity index (χ1v) is 8.36. The van der Waals surface area contributed by atoms with Gasteiger partial charge >= 0.3 is 12.1 Å². The lowest BCUT2D eigenvalue weighted by atomic mass is 9.58. The number of piperidine rings is 1. The van der Waals surface area contributed by atoms with Crippen LogP contribution in [0.2, 0.25) is 0 Å². The van der Waals surface area contributed by atoms with Crippen molar-refractivity contribution in [1.82, 2.24) is 4.90 Å². The van der Waals surface area contributed by atoms with Gasteiger partial charge in [0.05, 0.1) is 6.61 Å². The SMILES string of the molecule is CCOC(=O)CC1CC2(CCCN(C(=O)OC(C)(C)C)C2)C1. The summed E-state index contributed by atoms with van der Waals surface area (Å²) in [6.07, 6.45) is 4.51. The van der Waals surface area contributed by atoms with Crippen molar-refractivity contribution in [2.75, 3.05) is 19.7 Å². The number of amides is 1. The number of ether oxygens (including phenoxy) is 2. The Morgan fingerprint density at radius 2 is 1.95 bits per heavy atom. The maximum Gasteiger partial charge on any atom is 0.410 e. The molecule has 1 heterocycles. The number of nitrogens with zero attached hydrogens (tertiary/aromatic N) is 1. The molecule has 0 aromatic heterocycles. The topological polar surface area (TPSA) is 55.8 Å². The molecule has 2 rings (SSSR count). The van der Waals surface area contributed by atoms with E-state index in [9.17, 15) is 9.59 Å². The van der Waals surface area contributed by atoms with E-state index in [4.69, 9.17) is 9.47 Å². The molecule has 1 aliphatic heterocycles. The lowest BCUT2D eigenvalue weighted by Gasteiger charge is -2.52. The fraction of sp³-hybridized carbons (Fsp3) is 0.882. The first-order valence-electron chi connectivity index (χ1n) is 8.36. The second-order valence-corrected chi connectivity index (χ2v) is 7.79. The van der Waals surface area contributed by atoms with Crippen molar-refractivity contribution in [3.8, 4) is 0 Å². The summed E-state index contributed by atoms with van der Waals surface area (Å²) in [7, 11) is 0. The van der Waals surface area contributed by atoms with Gasteiger partial charge in [0, 0.05) is 19.5 Å². The molecule has 0 radical (unpaired) electrons. The Hall–Kier alpha value is -1.26. The molecule has 1 spiro atoms. The third kappa shape index (κ3) is 4.37. The molecule has 1 saturated heterocycles. The maximum atomic E-state index is 12.2. The zero-order valence-corrected chi connectivity index (χ0v) is 14.3. The van der Waals surface area contributed by atoms with E-state index < -0.39 is 5.60 Å². The number of likely N-dealkylation sites (tertiary alicyclic amines) is 1. The molecule has 5 nitrogen and oxygen atoms in total. The summed E-state index contributed by atoms with van der Waals surface area (Å²) in [5.41, 5.74) is -0.250. The van der Waals surface area contributed by atoms with E-state index in [1.54, 1.807) is 0 Å². The van der Waals surface area contributed by atoms with Crippen LogP contribution in [-0.2, 0) is 14.3 Å². The monoisotopic (exact) mass is 311 g/mol.